The van der Waals surface area contributed by atoms with E-state index in [1.807, 2.05) is 29.6 Å². The molecule has 0 aliphatic rings. The summed E-state index contributed by atoms with van der Waals surface area (Å²) in [6, 6.07) is 13.5. The number of amides is 1. The maximum absolute atomic E-state index is 13.6. The topological polar surface area (TPSA) is 80.9 Å². The number of anilines is 1. The van der Waals surface area contributed by atoms with E-state index in [1.165, 1.54) is 35.2 Å². The van der Waals surface area contributed by atoms with Gasteiger partial charge in [0, 0.05) is 28.8 Å². The minimum Gasteiger partial charge on any atom is -0.339 e. The maximum Gasteiger partial charge on any atom is 0.227 e. The minimum absolute atomic E-state index is 0.111. The maximum atomic E-state index is 13.6. The number of benzene rings is 2. The fourth-order valence-corrected chi connectivity index (χ4v) is 4.45. The third-order valence-electron chi connectivity index (χ3n) is 4.17. The Morgan fingerprint density at radius 3 is 2.77 bits per heavy atom. The van der Waals surface area contributed by atoms with Crippen LogP contribution in [0.2, 0.25) is 5.02 Å². The molecule has 0 bridgehead atoms. The number of para-hydroxylation sites is 1. The highest BCUT2D eigenvalue weighted by molar-refractivity contribution is 8.00. The fraction of sp³-hybridized carbons (Fsp3) is 0.143. The summed E-state index contributed by atoms with van der Waals surface area (Å²) in [6.45, 7) is 0. The molecule has 0 radical (unpaired) electrons. The Bertz CT molecular complexity index is 1180. The molecular weight excluding hydrogens is 459 g/mol. The number of halogens is 2. The molecule has 0 aliphatic heterocycles. The van der Waals surface area contributed by atoms with E-state index in [2.05, 4.69) is 20.4 Å². The lowest BCUT2D eigenvalue weighted by Gasteiger charge is -2.04. The van der Waals surface area contributed by atoms with Gasteiger partial charge in [0.15, 0.2) is 10.2 Å². The largest absolute Gasteiger partial charge is 0.339 e. The summed E-state index contributed by atoms with van der Waals surface area (Å²) < 4.78 is 19.7. The molecule has 0 fully saturated rings. The SMILES string of the molecule is O=C(CCc1nc(CSc2nc(-c3ccc(Cl)cc3)cs2)no1)Nc1ccccc1F. The van der Waals surface area contributed by atoms with Crippen LogP contribution in [0.25, 0.3) is 11.3 Å². The van der Waals surface area contributed by atoms with Crippen LogP contribution in [0, 0.1) is 5.82 Å². The summed E-state index contributed by atoms with van der Waals surface area (Å²) in [7, 11) is 0. The number of hydrogen-bond acceptors (Lipinski definition) is 7. The molecule has 2 aromatic heterocycles. The summed E-state index contributed by atoms with van der Waals surface area (Å²) in [4.78, 5) is 20.9. The number of aromatic nitrogens is 3. The van der Waals surface area contributed by atoms with Gasteiger partial charge in [0.05, 0.1) is 17.1 Å². The van der Waals surface area contributed by atoms with Crippen LogP contribution in [0.15, 0.2) is 62.8 Å². The molecular formula is C21H16ClFN4O2S2. The third-order valence-corrected chi connectivity index (χ3v) is 6.44. The number of carbonyl (C=O) groups is 1. The van der Waals surface area contributed by atoms with Crippen LogP contribution in [-0.2, 0) is 17.0 Å². The van der Waals surface area contributed by atoms with Crippen molar-refractivity contribution in [2.24, 2.45) is 0 Å². The number of nitrogens with one attached hydrogen (secondary N) is 1. The summed E-state index contributed by atoms with van der Waals surface area (Å²) in [5.41, 5.74) is 2.04. The van der Waals surface area contributed by atoms with Crippen molar-refractivity contribution in [1.29, 1.82) is 0 Å². The monoisotopic (exact) mass is 474 g/mol. The van der Waals surface area contributed by atoms with Crippen molar-refractivity contribution in [2.75, 3.05) is 5.32 Å². The predicted molar refractivity (Wildman–Crippen MR) is 120 cm³/mol. The van der Waals surface area contributed by atoms with E-state index in [4.69, 9.17) is 16.1 Å². The number of thiazole rings is 1. The van der Waals surface area contributed by atoms with E-state index in [9.17, 15) is 9.18 Å². The van der Waals surface area contributed by atoms with Crippen molar-refractivity contribution < 1.29 is 13.7 Å². The van der Waals surface area contributed by atoms with Gasteiger partial charge in [-0.05, 0) is 24.3 Å². The zero-order chi connectivity index (χ0) is 21.6. The molecule has 0 atom stereocenters. The Morgan fingerprint density at radius 1 is 1.16 bits per heavy atom. The van der Waals surface area contributed by atoms with Gasteiger partial charge in [-0.15, -0.1) is 11.3 Å². The highest BCUT2D eigenvalue weighted by Gasteiger charge is 2.12. The van der Waals surface area contributed by atoms with Crippen LogP contribution in [-0.4, -0.2) is 21.0 Å². The van der Waals surface area contributed by atoms with E-state index < -0.39 is 5.82 Å². The van der Waals surface area contributed by atoms with Gasteiger partial charge in [-0.25, -0.2) is 9.37 Å². The molecule has 2 heterocycles. The van der Waals surface area contributed by atoms with Gasteiger partial charge in [-0.3, -0.25) is 4.79 Å². The molecule has 158 valence electrons. The smallest absolute Gasteiger partial charge is 0.227 e. The third kappa shape index (κ3) is 5.90. The minimum atomic E-state index is -0.477. The predicted octanol–water partition coefficient (Wildman–Crippen LogP) is 5.85. The van der Waals surface area contributed by atoms with Crippen LogP contribution in [0.5, 0.6) is 0 Å². The Morgan fingerprint density at radius 2 is 1.97 bits per heavy atom. The normalized spacial score (nSPS) is 10.9. The zero-order valence-corrected chi connectivity index (χ0v) is 18.4. The molecule has 0 spiro atoms. The van der Waals surface area contributed by atoms with Crippen LogP contribution in [0.4, 0.5) is 10.1 Å². The number of nitrogens with zero attached hydrogens (tertiary/aromatic N) is 3. The first-order chi connectivity index (χ1) is 15.1. The molecule has 10 heteroatoms. The van der Waals surface area contributed by atoms with Gasteiger partial charge >= 0.3 is 0 Å². The second-order valence-corrected chi connectivity index (χ2v) is 8.94. The van der Waals surface area contributed by atoms with E-state index >= 15 is 0 Å². The molecule has 31 heavy (non-hydrogen) atoms. The van der Waals surface area contributed by atoms with Gasteiger partial charge in [-0.2, -0.15) is 4.98 Å². The van der Waals surface area contributed by atoms with Crippen molar-refractivity contribution in [3.8, 4) is 11.3 Å². The lowest BCUT2D eigenvalue weighted by molar-refractivity contribution is -0.116. The Balaban J connectivity index is 1.26. The number of aryl methyl sites for hydroxylation is 1. The molecule has 4 rings (SSSR count). The first-order valence-corrected chi connectivity index (χ1v) is 11.5. The first kappa shape index (κ1) is 21.5. The lowest BCUT2D eigenvalue weighted by Crippen LogP contribution is -2.13. The van der Waals surface area contributed by atoms with Gasteiger partial charge in [0.25, 0.3) is 0 Å². The molecule has 0 saturated carbocycles. The van der Waals surface area contributed by atoms with Gasteiger partial charge < -0.3 is 9.84 Å². The second kappa shape index (κ2) is 10.0. The quantitative estimate of drug-likeness (QED) is 0.323. The average molecular weight is 475 g/mol. The molecule has 0 unspecified atom stereocenters. The molecule has 2 aromatic carbocycles. The summed E-state index contributed by atoms with van der Waals surface area (Å²) >= 11 is 8.97. The van der Waals surface area contributed by atoms with Crippen molar-refractivity contribution in [3.63, 3.8) is 0 Å². The van der Waals surface area contributed by atoms with Gasteiger partial charge in [-0.1, -0.05) is 52.8 Å². The lowest BCUT2D eigenvalue weighted by atomic mass is 10.2. The van der Waals surface area contributed by atoms with E-state index in [0.29, 0.717) is 22.5 Å². The number of thioether (sulfide) groups is 1. The molecule has 1 amide bonds. The molecule has 0 aliphatic carbocycles. The van der Waals surface area contributed by atoms with Crippen LogP contribution in [0.3, 0.4) is 0 Å². The van der Waals surface area contributed by atoms with E-state index in [1.54, 1.807) is 12.1 Å². The first-order valence-electron chi connectivity index (χ1n) is 9.27. The van der Waals surface area contributed by atoms with Crippen LogP contribution < -0.4 is 5.32 Å². The van der Waals surface area contributed by atoms with Crippen molar-refractivity contribution in [2.45, 2.75) is 22.9 Å². The Labute approximate surface area is 190 Å². The van der Waals surface area contributed by atoms with Crippen molar-refractivity contribution >= 4 is 46.3 Å². The molecule has 6 nitrogen and oxygen atoms in total. The molecule has 4 aromatic rings. The average Bonchev–Trinajstić information content (AvgIpc) is 3.42. The Kier molecular flexibility index (Phi) is 6.96. The second-order valence-electron chi connectivity index (χ2n) is 6.43. The summed E-state index contributed by atoms with van der Waals surface area (Å²) in [5.74, 6) is 0.586. The van der Waals surface area contributed by atoms with Crippen LogP contribution in [0.1, 0.15) is 18.1 Å². The van der Waals surface area contributed by atoms with E-state index in [0.717, 1.165) is 15.6 Å². The van der Waals surface area contributed by atoms with Gasteiger partial charge in [0.1, 0.15) is 5.82 Å². The van der Waals surface area contributed by atoms with Crippen LogP contribution >= 0.6 is 34.7 Å². The molecule has 0 saturated heterocycles. The van der Waals surface area contributed by atoms with Gasteiger partial charge in [0.2, 0.25) is 11.8 Å². The number of carbonyl (C=O) groups excluding carboxylic acids is 1. The van der Waals surface area contributed by atoms with E-state index in [-0.39, 0.29) is 24.4 Å². The fourth-order valence-electron chi connectivity index (χ4n) is 2.65. The highest BCUT2D eigenvalue weighted by Crippen LogP contribution is 2.30. The molecule has 1 N–H and O–H groups in total. The summed E-state index contributed by atoms with van der Waals surface area (Å²) in [6.07, 6.45) is 0.385. The number of rotatable bonds is 8. The Hall–Kier alpha value is -2.75. The summed E-state index contributed by atoms with van der Waals surface area (Å²) in [5, 5.41) is 9.15. The van der Waals surface area contributed by atoms with Crippen molar-refractivity contribution in [3.05, 3.63) is 76.5 Å². The van der Waals surface area contributed by atoms with Crippen molar-refractivity contribution in [1.82, 2.24) is 15.1 Å². The standard InChI is InChI=1S/C21H16ClFN4O2S2/c22-14-7-5-13(6-8-14)17-11-30-21(25-17)31-12-18-26-20(29-27-18)10-9-19(28)24-16-4-2-1-3-15(16)23/h1-8,11H,9-10,12H2,(H,24,28). The number of hydrogen-bond donors (Lipinski definition) is 1. The highest BCUT2D eigenvalue weighted by atomic mass is 35.5. The zero-order valence-electron chi connectivity index (χ0n) is 16.0.